The number of benzene rings is 2. The predicted molar refractivity (Wildman–Crippen MR) is 130 cm³/mol. The number of phenols is 1. The van der Waals surface area contributed by atoms with Gasteiger partial charge in [-0.25, -0.2) is 13.2 Å². The number of hydrogen-bond acceptors (Lipinski definition) is 9. The van der Waals surface area contributed by atoms with E-state index in [9.17, 15) is 23.1 Å². The number of methoxy groups -OCH3 is 3. The Morgan fingerprint density at radius 2 is 1.77 bits per heavy atom. The molecular formula is C23H28N2O8S2. The summed E-state index contributed by atoms with van der Waals surface area (Å²) in [4.78, 5) is 25.5. The highest BCUT2D eigenvalue weighted by Gasteiger charge is 2.44. The van der Waals surface area contributed by atoms with Crippen LogP contribution in [0.2, 0.25) is 0 Å². The van der Waals surface area contributed by atoms with Crippen LogP contribution >= 0.6 is 12.6 Å². The minimum atomic E-state index is -4.10. The van der Waals surface area contributed by atoms with Crippen molar-refractivity contribution in [3.8, 4) is 17.2 Å². The molecule has 1 fully saturated rings. The Morgan fingerprint density at radius 3 is 2.37 bits per heavy atom. The lowest BCUT2D eigenvalue weighted by Crippen LogP contribution is -2.51. The van der Waals surface area contributed by atoms with Crippen LogP contribution in [0.5, 0.6) is 17.2 Å². The number of nitrogens with one attached hydrogen (secondary N) is 1. The van der Waals surface area contributed by atoms with Crippen LogP contribution in [0.4, 0.5) is 0 Å². The molecule has 10 nitrogen and oxygen atoms in total. The van der Waals surface area contributed by atoms with Gasteiger partial charge in [0.15, 0.2) is 11.5 Å². The maximum absolute atomic E-state index is 13.5. The number of nitrogens with zero attached hydrogens (tertiary/aromatic N) is 1. The van der Waals surface area contributed by atoms with E-state index in [0.717, 1.165) is 4.31 Å². The Bertz CT molecular complexity index is 1170. The van der Waals surface area contributed by atoms with Crippen molar-refractivity contribution in [2.45, 2.75) is 35.1 Å². The first kappa shape index (κ1) is 26.6. The second-order valence-corrected chi connectivity index (χ2v) is 10.6. The summed E-state index contributed by atoms with van der Waals surface area (Å²) in [7, 11) is -0.0719. The number of carbonyl (C=O) groups is 2. The lowest BCUT2D eigenvalue weighted by molar-refractivity contribution is -0.145. The number of esters is 1. The third-order valence-electron chi connectivity index (χ3n) is 5.68. The highest BCUT2D eigenvalue weighted by atomic mass is 32.2. The van der Waals surface area contributed by atoms with Gasteiger partial charge in [0.05, 0.1) is 26.2 Å². The van der Waals surface area contributed by atoms with Crippen LogP contribution < -0.4 is 14.8 Å². The van der Waals surface area contributed by atoms with E-state index >= 15 is 0 Å². The molecule has 0 aliphatic carbocycles. The topological polar surface area (TPSA) is 131 Å². The zero-order chi connectivity index (χ0) is 25.8. The van der Waals surface area contributed by atoms with Crippen molar-refractivity contribution in [2.24, 2.45) is 0 Å². The number of amides is 1. The molecule has 1 aliphatic heterocycles. The van der Waals surface area contributed by atoms with Crippen molar-refractivity contribution in [3.63, 3.8) is 0 Å². The largest absolute Gasteiger partial charge is 0.508 e. The number of thiol groups is 1. The van der Waals surface area contributed by atoms with Crippen molar-refractivity contribution in [1.29, 1.82) is 0 Å². The Kier molecular flexibility index (Phi) is 8.51. The Morgan fingerprint density at radius 1 is 1.11 bits per heavy atom. The predicted octanol–water partition coefficient (Wildman–Crippen LogP) is 1.37. The minimum absolute atomic E-state index is 0.0126. The molecule has 1 saturated heterocycles. The van der Waals surface area contributed by atoms with Gasteiger partial charge in [0.2, 0.25) is 15.9 Å². The van der Waals surface area contributed by atoms with Gasteiger partial charge in [0.1, 0.15) is 17.8 Å². The number of hydrogen-bond donors (Lipinski definition) is 3. The molecule has 190 valence electrons. The number of phenolic OH excluding ortho intramolecular Hbond substituents is 1. The lowest BCUT2D eigenvalue weighted by Gasteiger charge is -2.25. The van der Waals surface area contributed by atoms with Gasteiger partial charge in [-0.2, -0.15) is 16.9 Å². The van der Waals surface area contributed by atoms with Crippen LogP contribution in [0.25, 0.3) is 0 Å². The summed E-state index contributed by atoms with van der Waals surface area (Å²) in [5, 5.41) is 11.7. The average molecular weight is 525 g/mol. The molecule has 1 amide bonds. The molecule has 3 rings (SSSR count). The first-order valence-corrected chi connectivity index (χ1v) is 12.6. The van der Waals surface area contributed by atoms with E-state index in [0.29, 0.717) is 11.3 Å². The fourth-order valence-corrected chi connectivity index (χ4v) is 6.02. The summed E-state index contributed by atoms with van der Waals surface area (Å²) < 4.78 is 43.2. The Labute approximate surface area is 209 Å². The van der Waals surface area contributed by atoms with Crippen LogP contribution in [0.1, 0.15) is 12.0 Å². The molecule has 2 N–H and O–H groups in total. The number of ether oxygens (including phenoxy) is 3. The van der Waals surface area contributed by atoms with E-state index in [1.54, 1.807) is 12.1 Å². The average Bonchev–Trinajstić information content (AvgIpc) is 3.26. The normalized spacial score (nSPS) is 19.1. The summed E-state index contributed by atoms with van der Waals surface area (Å²) in [6.07, 6.45) is 0.257. The molecule has 0 spiro atoms. The monoisotopic (exact) mass is 524 g/mol. The SMILES string of the molecule is COC(=O)C(Cc1ccc(O)cc1)NC(=O)[C@@H]1C[C@H](S)CN1S(=O)(=O)c1ccc(OC)c(OC)c1. The van der Waals surface area contributed by atoms with E-state index in [-0.39, 0.29) is 41.0 Å². The van der Waals surface area contributed by atoms with Gasteiger partial charge in [-0.05, 0) is 36.2 Å². The quantitative estimate of drug-likeness (QED) is 0.331. The van der Waals surface area contributed by atoms with Crippen LogP contribution in [0.3, 0.4) is 0 Å². The van der Waals surface area contributed by atoms with E-state index in [2.05, 4.69) is 17.9 Å². The third-order valence-corrected chi connectivity index (χ3v) is 7.92. The van der Waals surface area contributed by atoms with Crippen molar-refractivity contribution < 1.29 is 37.3 Å². The van der Waals surface area contributed by atoms with E-state index in [1.165, 1.54) is 51.7 Å². The minimum Gasteiger partial charge on any atom is -0.508 e. The number of aromatic hydroxyl groups is 1. The van der Waals surface area contributed by atoms with Crippen LogP contribution in [0.15, 0.2) is 47.4 Å². The summed E-state index contributed by atoms with van der Waals surface area (Å²) >= 11 is 4.41. The fourth-order valence-electron chi connectivity index (χ4n) is 3.87. The molecule has 2 aromatic rings. The molecule has 1 unspecified atom stereocenters. The summed E-state index contributed by atoms with van der Waals surface area (Å²) in [6, 6.07) is 8.20. The highest BCUT2D eigenvalue weighted by Crippen LogP contribution is 2.34. The van der Waals surface area contributed by atoms with Crippen LogP contribution in [0, 0.1) is 0 Å². The zero-order valence-corrected chi connectivity index (χ0v) is 21.2. The molecule has 1 heterocycles. The summed E-state index contributed by atoms with van der Waals surface area (Å²) in [5.41, 5.74) is 0.673. The summed E-state index contributed by atoms with van der Waals surface area (Å²) in [5.74, 6) is -0.657. The Hall–Kier alpha value is -2.96. The fraction of sp³-hybridized carbons (Fsp3) is 0.391. The molecule has 12 heteroatoms. The number of sulfonamides is 1. The molecular weight excluding hydrogens is 496 g/mol. The summed E-state index contributed by atoms with van der Waals surface area (Å²) in [6.45, 7) is 0.0126. The molecule has 0 aromatic heterocycles. The molecule has 0 bridgehead atoms. The van der Waals surface area contributed by atoms with Gasteiger partial charge in [-0.1, -0.05) is 12.1 Å². The first-order chi connectivity index (χ1) is 16.6. The van der Waals surface area contributed by atoms with Gasteiger partial charge in [0, 0.05) is 24.3 Å². The molecule has 0 radical (unpaired) electrons. The maximum atomic E-state index is 13.5. The van der Waals surface area contributed by atoms with Crippen LogP contribution in [-0.4, -0.2) is 74.9 Å². The molecule has 2 aromatic carbocycles. The third kappa shape index (κ3) is 6.00. The highest BCUT2D eigenvalue weighted by molar-refractivity contribution is 7.89. The smallest absolute Gasteiger partial charge is 0.328 e. The standard InChI is InChI=1S/C23H28N2O8S2/c1-31-20-9-8-17(12-21(20)32-2)35(29,30)25-13-16(34)11-19(25)22(27)24-18(23(28)33-3)10-14-4-6-15(26)7-5-14/h4-9,12,16,18-19,26,34H,10-11,13H2,1-3H3,(H,24,27)/t16-,18?,19-/m0/s1. The van der Waals surface area contributed by atoms with Crippen molar-refractivity contribution in [1.82, 2.24) is 9.62 Å². The lowest BCUT2D eigenvalue weighted by atomic mass is 10.0. The van der Waals surface area contributed by atoms with Gasteiger partial charge >= 0.3 is 5.97 Å². The van der Waals surface area contributed by atoms with E-state index < -0.39 is 34.0 Å². The van der Waals surface area contributed by atoms with Crippen molar-refractivity contribution in [2.75, 3.05) is 27.9 Å². The first-order valence-electron chi connectivity index (χ1n) is 10.7. The van der Waals surface area contributed by atoms with Gasteiger partial charge in [-0.3, -0.25) is 4.79 Å². The van der Waals surface area contributed by atoms with Crippen molar-refractivity contribution in [3.05, 3.63) is 48.0 Å². The zero-order valence-electron chi connectivity index (χ0n) is 19.5. The van der Waals surface area contributed by atoms with Gasteiger partial charge in [0.25, 0.3) is 0 Å². The molecule has 3 atom stereocenters. The van der Waals surface area contributed by atoms with Crippen molar-refractivity contribution >= 4 is 34.5 Å². The molecule has 0 saturated carbocycles. The van der Waals surface area contributed by atoms with E-state index in [4.69, 9.17) is 14.2 Å². The maximum Gasteiger partial charge on any atom is 0.328 e. The molecule has 35 heavy (non-hydrogen) atoms. The number of carbonyl (C=O) groups excluding carboxylic acids is 2. The Balaban J connectivity index is 1.85. The van der Waals surface area contributed by atoms with Gasteiger partial charge in [-0.15, -0.1) is 0 Å². The van der Waals surface area contributed by atoms with E-state index in [1.807, 2.05) is 0 Å². The van der Waals surface area contributed by atoms with Gasteiger partial charge < -0.3 is 24.6 Å². The second-order valence-electron chi connectivity index (χ2n) is 7.95. The molecule has 1 aliphatic rings. The number of rotatable bonds is 9. The van der Waals surface area contributed by atoms with Crippen LogP contribution in [-0.2, 0) is 30.8 Å². The second kappa shape index (κ2) is 11.2.